The van der Waals surface area contributed by atoms with Gasteiger partial charge in [-0.1, -0.05) is 49.3 Å². The smallest absolute Gasteiger partial charge is 0.226 e. The number of hydrogen-bond acceptors (Lipinski definition) is 9. The molecule has 38 heavy (non-hydrogen) atoms. The van der Waals surface area contributed by atoms with E-state index in [1.807, 2.05) is 42.5 Å². The van der Waals surface area contributed by atoms with Gasteiger partial charge in [0, 0.05) is 54.9 Å². The van der Waals surface area contributed by atoms with Crippen molar-refractivity contribution in [2.24, 2.45) is 0 Å². The van der Waals surface area contributed by atoms with Gasteiger partial charge in [-0.3, -0.25) is 5.10 Å². The van der Waals surface area contributed by atoms with Crippen LogP contribution in [0.2, 0.25) is 0 Å². The number of aromatic nitrogens is 5. The third kappa shape index (κ3) is 7.10. The molecule has 3 heterocycles. The predicted molar refractivity (Wildman–Crippen MR) is 151 cm³/mol. The normalized spacial score (nSPS) is 13.1. The molecule has 1 fully saturated rings. The maximum absolute atomic E-state index is 5.54. The third-order valence-electron chi connectivity index (χ3n) is 6.73. The Hall–Kier alpha value is -3.92. The van der Waals surface area contributed by atoms with E-state index in [9.17, 15) is 0 Å². The van der Waals surface area contributed by atoms with Gasteiger partial charge in [0.1, 0.15) is 23.1 Å². The van der Waals surface area contributed by atoms with Gasteiger partial charge in [0.2, 0.25) is 5.95 Å². The Morgan fingerprint density at radius 1 is 0.947 bits per heavy atom. The quantitative estimate of drug-likeness (QED) is 0.157. The average Bonchev–Trinajstić information content (AvgIpc) is 3.50. The summed E-state index contributed by atoms with van der Waals surface area (Å²) >= 11 is 0. The molecule has 1 saturated carbocycles. The zero-order valence-corrected chi connectivity index (χ0v) is 22.2. The van der Waals surface area contributed by atoms with Crippen LogP contribution in [0.15, 0.2) is 53.1 Å². The summed E-state index contributed by atoms with van der Waals surface area (Å²) in [5.41, 5.74) is 3.05. The Bertz CT molecular complexity index is 1280. The van der Waals surface area contributed by atoms with Gasteiger partial charge in [-0.25, -0.2) is 0 Å². The molecule has 0 aliphatic heterocycles. The van der Waals surface area contributed by atoms with Gasteiger partial charge in [-0.05, 0) is 38.9 Å². The van der Waals surface area contributed by atoms with E-state index in [0.717, 1.165) is 61.3 Å². The van der Waals surface area contributed by atoms with Crippen LogP contribution in [0.3, 0.4) is 0 Å². The molecular weight excluding hydrogens is 478 g/mol. The van der Waals surface area contributed by atoms with Crippen molar-refractivity contribution in [1.29, 1.82) is 0 Å². The zero-order chi connectivity index (χ0) is 26.2. The molecule has 1 aliphatic rings. The second-order valence-electron chi connectivity index (χ2n) is 9.60. The van der Waals surface area contributed by atoms with Crippen molar-refractivity contribution >= 4 is 23.4 Å². The van der Waals surface area contributed by atoms with Crippen LogP contribution in [-0.2, 0) is 6.42 Å². The molecule has 10 heteroatoms. The third-order valence-corrected chi connectivity index (χ3v) is 6.73. The van der Waals surface area contributed by atoms with Crippen molar-refractivity contribution in [1.82, 2.24) is 30.2 Å². The molecule has 0 amide bonds. The number of anilines is 4. The Morgan fingerprint density at radius 3 is 2.55 bits per heavy atom. The summed E-state index contributed by atoms with van der Waals surface area (Å²) in [7, 11) is 0. The van der Waals surface area contributed by atoms with Gasteiger partial charge < -0.3 is 25.4 Å². The SMILES string of the molecule is CCN(CC)CCCNc1cc(Nc2cc(C3CC3)[nH]n2)nc(NCCc2cc(-c3ccccc3)no2)n1. The van der Waals surface area contributed by atoms with Crippen molar-refractivity contribution < 1.29 is 4.52 Å². The Labute approximate surface area is 223 Å². The van der Waals surface area contributed by atoms with Crippen LogP contribution < -0.4 is 16.0 Å². The molecule has 0 spiro atoms. The second kappa shape index (κ2) is 12.6. The molecule has 5 rings (SSSR count). The summed E-state index contributed by atoms with van der Waals surface area (Å²) in [6.07, 6.45) is 4.15. The largest absolute Gasteiger partial charge is 0.370 e. The molecule has 4 N–H and O–H groups in total. The predicted octanol–water partition coefficient (Wildman–Crippen LogP) is 5.27. The van der Waals surface area contributed by atoms with Crippen LogP contribution >= 0.6 is 0 Å². The molecule has 0 unspecified atom stereocenters. The van der Waals surface area contributed by atoms with Crippen LogP contribution in [0.1, 0.15) is 50.5 Å². The van der Waals surface area contributed by atoms with E-state index in [2.05, 4.69) is 61.1 Å². The van der Waals surface area contributed by atoms with Gasteiger partial charge in [0.05, 0.1) is 0 Å². The second-order valence-corrected chi connectivity index (χ2v) is 9.60. The van der Waals surface area contributed by atoms with Gasteiger partial charge in [0.25, 0.3) is 0 Å². The maximum atomic E-state index is 5.54. The summed E-state index contributed by atoms with van der Waals surface area (Å²) in [5.74, 6) is 4.19. The number of aromatic amines is 1. The number of H-pyrrole nitrogens is 1. The van der Waals surface area contributed by atoms with Crippen molar-refractivity contribution in [3.8, 4) is 11.3 Å². The number of nitrogens with one attached hydrogen (secondary N) is 4. The van der Waals surface area contributed by atoms with Crippen LogP contribution in [0.25, 0.3) is 11.3 Å². The summed E-state index contributed by atoms with van der Waals surface area (Å²) in [6.45, 7) is 9.03. The molecule has 1 aliphatic carbocycles. The summed E-state index contributed by atoms with van der Waals surface area (Å²) in [6, 6.07) is 16.0. The van der Waals surface area contributed by atoms with E-state index in [0.29, 0.717) is 30.6 Å². The number of hydrogen-bond donors (Lipinski definition) is 4. The fourth-order valence-corrected chi connectivity index (χ4v) is 4.35. The maximum Gasteiger partial charge on any atom is 0.226 e. The minimum absolute atomic E-state index is 0.544. The molecular formula is C28H37N9O. The summed E-state index contributed by atoms with van der Waals surface area (Å²) in [5, 5.41) is 21.9. The van der Waals surface area contributed by atoms with Gasteiger partial charge in [-0.15, -0.1) is 0 Å². The first-order chi connectivity index (χ1) is 18.7. The van der Waals surface area contributed by atoms with Crippen molar-refractivity contribution in [3.63, 3.8) is 0 Å². The lowest BCUT2D eigenvalue weighted by atomic mass is 10.1. The highest BCUT2D eigenvalue weighted by atomic mass is 16.5. The molecule has 0 bridgehead atoms. The zero-order valence-electron chi connectivity index (χ0n) is 22.2. The van der Waals surface area contributed by atoms with E-state index in [1.54, 1.807) is 0 Å². The van der Waals surface area contributed by atoms with Gasteiger partial charge in [-0.2, -0.15) is 15.1 Å². The van der Waals surface area contributed by atoms with E-state index < -0.39 is 0 Å². The Morgan fingerprint density at radius 2 is 1.76 bits per heavy atom. The molecule has 1 aromatic carbocycles. The minimum Gasteiger partial charge on any atom is -0.370 e. The number of benzene rings is 1. The molecule has 3 aromatic heterocycles. The fourth-order valence-electron chi connectivity index (χ4n) is 4.35. The van der Waals surface area contributed by atoms with Gasteiger partial charge in [0.15, 0.2) is 5.82 Å². The molecule has 200 valence electrons. The lowest BCUT2D eigenvalue weighted by Crippen LogP contribution is -2.25. The molecule has 4 aromatic rings. The van der Waals surface area contributed by atoms with E-state index in [-0.39, 0.29) is 0 Å². The monoisotopic (exact) mass is 515 g/mol. The van der Waals surface area contributed by atoms with Crippen molar-refractivity contribution in [2.45, 2.75) is 45.4 Å². The first-order valence-electron chi connectivity index (χ1n) is 13.6. The van der Waals surface area contributed by atoms with Crippen LogP contribution in [0.5, 0.6) is 0 Å². The first kappa shape index (κ1) is 25.7. The summed E-state index contributed by atoms with van der Waals surface area (Å²) < 4.78 is 5.54. The van der Waals surface area contributed by atoms with Crippen LogP contribution in [0, 0.1) is 0 Å². The number of nitrogens with zero attached hydrogens (tertiary/aromatic N) is 5. The van der Waals surface area contributed by atoms with Crippen LogP contribution in [-0.4, -0.2) is 62.9 Å². The fraction of sp³-hybridized carbons (Fsp3) is 0.429. The molecule has 0 radical (unpaired) electrons. The Balaban J connectivity index is 1.21. The standard InChI is InChI=1S/C28H37N9O/c1-3-37(4-2)16-8-14-29-25-19-26(31-27-18-23(34-35-27)21-11-12-21)33-28(32-25)30-15-13-22-17-24(36-38-22)20-9-6-5-7-10-20/h5-7,9-10,17-19,21H,3-4,8,11-16H2,1-2H3,(H4,29,30,31,32,33,34,35). The highest BCUT2D eigenvalue weighted by molar-refractivity contribution is 5.60. The van der Waals surface area contributed by atoms with Crippen molar-refractivity contribution in [2.75, 3.05) is 48.7 Å². The topological polar surface area (TPSA) is 120 Å². The minimum atomic E-state index is 0.544. The lowest BCUT2D eigenvalue weighted by Gasteiger charge is -2.18. The first-order valence-corrected chi connectivity index (χ1v) is 13.6. The summed E-state index contributed by atoms with van der Waals surface area (Å²) in [4.78, 5) is 11.8. The highest BCUT2D eigenvalue weighted by Crippen LogP contribution is 2.39. The Kier molecular flexibility index (Phi) is 8.49. The van der Waals surface area contributed by atoms with E-state index >= 15 is 0 Å². The lowest BCUT2D eigenvalue weighted by molar-refractivity contribution is 0.303. The van der Waals surface area contributed by atoms with E-state index in [4.69, 9.17) is 9.51 Å². The number of rotatable bonds is 15. The molecule has 0 saturated heterocycles. The van der Waals surface area contributed by atoms with E-state index in [1.165, 1.54) is 18.5 Å². The van der Waals surface area contributed by atoms with Crippen LogP contribution in [0.4, 0.5) is 23.4 Å². The molecule has 0 atom stereocenters. The molecule has 10 nitrogen and oxygen atoms in total. The highest BCUT2D eigenvalue weighted by Gasteiger charge is 2.25. The van der Waals surface area contributed by atoms with Gasteiger partial charge >= 0.3 is 0 Å². The average molecular weight is 516 g/mol. The van der Waals surface area contributed by atoms with Crippen molar-refractivity contribution in [3.05, 3.63) is 60.0 Å².